The zero-order valence-corrected chi connectivity index (χ0v) is 16.4. The van der Waals surface area contributed by atoms with Gasteiger partial charge in [0.1, 0.15) is 11.6 Å². The molecule has 0 bridgehead atoms. The van der Waals surface area contributed by atoms with Crippen molar-refractivity contribution in [2.24, 2.45) is 0 Å². The number of hydrogen-bond donors (Lipinski definition) is 2. The Balaban J connectivity index is 1.66. The minimum Gasteiger partial charge on any atom is -0.593 e. The molecule has 4 nitrogen and oxygen atoms in total. The minimum absolute atomic E-state index is 0.0881. The van der Waals surface area contributed by atoms with Gasteiger partial charge in [-0.25, -0.2) is 9.37 Å². The number of nitrogens with one attached hydrogen (secondary N) is 1. The molecule has 1 heterocycles. The van der Waals surface area contributed by atoms with Crippen LogP contribution < -0.4 is 10.5 Å². The molecule has 4 rings (SSSR count). The molecule has 1 aromatic heterocycles. The Morgan fingerprint density at radius 1 is 1.07 bits per heavy atom. The number of nitrogen functional groups attached to an aromatic ring is 1. The van der Waals surface area contributed by atoms with Gasteiger partial charge in [-0.15, -0.1) is 4.72 Å². The molecule has 1 unspecified atom stereocenters. The predicted octanol–water partition coefficient (Wildman–Crippen LogP) is 4.69. The van der Waals surface area contributed by atoms with Crippen LogP contribution >= 0.6 is 0 Å². The molecule has 0 aliphatic heterocycles. The van der Waals surface area contributed by atoms with Gasteiger partial charge < -0.3 is 10.3 Å². The summed E-state index contributed by atoms with van der Waals surface area (Å²) in [6.07, 6.45) is 4.73. The number of halogens is 1. The molecule has 3 N–H and O–H groups in total. The molecule has 0 radical (unpaired) electrons. The van der Waals surface area contributed by atoms with Gasteiger partial charge in [0.05, 0.1) is 16.9 Å². The molecule has 1 atom stereocenters. The fraction of sp³-hybridized carbons (Fsp3) is 0.227. The lowest BCUT2D eigenvalue weighted by Crippen LogP contribution is -2.50. The van der Waals surface area contributed by atoms with Gasteiger partial charge in [-0.3, -0.25) is 0 Å². The number of pyridine rings is 1. The number of nitrogens with two attached hydrogens (primary N) is 1. The van der Waals surface area contributed by atoms with Crippen molar-refractivity contribution in [2.75, 3.05) is 5.73 Å². The van der Waals surface area contributed by atoms with Gasteiger partial charge in [0.2, 0.25) is 0 Å². The first-order chi connectivity index (χ1) is 13.5. The van der Waals surface area contributed by atoms with Crippen LogP contribution in [0.15, 0.2) is 65.7 Å². The summed E-state index contributed by atoms with van der Waals surface area (Å²) in [5.41, 5.74) is 8.08. The van der Waals surface area contributed by atoms with E-state index < -0.39 is 11.4 Å². The van der Waals surface area contributed by atoms with Crippen molar-refractivity contribution >= 4 is 17.2 Å². The molecule has 0 spiro atoms. The van der Waals surface area contributed by atoms with Crippen molar-refractivity contribution in [3.8, 4) is 22.3 Å². The topological polar surface area (TPSA) is 74.0 Å². The van der Waals surface area contributed by atoms with Gasteiger partial charge in [-0.1, -0.05) is 24.3 Å². The summed E-state index contributed by atoms with van der Waals surface area (Å²) in [6, 6.07) is 15.9. The van der Waals surface area contributed by atoms with E-state index in [0.717, 1.165) is 24.8 Å². The van der Waals surface area contributed by atoms with Gasteiger partial charge >= 0.3 is 0 Å². The van der Waals surface area contributed by atoms with E-state index in [4.69, 9.17) is 5.73 Å². The molecule has 144 valence electrons. The Morgan fingerprint density at radius 3 is 2.46 bits per heavy atom. The maximum Gasteiger partial charge on any atom is 0.181 e. The summed E-state index contributed by atoms with van der Waals surface area (Å²) in [6.45, 7) is 2.09. The normalized spacial score (nSPS) is 16.4. The Labute approximate surface area is 167 Å². The van der Waals surface area contributed by atoms with Crippen LogP contribution in [0.2, 0.25) is 0 Å². The van der Waals surface area contributed by atoms with E-state index in [2.05, 4.69) is 16.6 Å². The number of benzene rings is 2. The van der Waals surface area contributed by atoms with Crippen LogP contribution in [0.4, 0.5) is 10.2 Å². The molecule has 1 saturated carbocycles. The molecule has 2 aromatic carbocycles. The standard InChI is InChI=1S/C22H22FN3OS/c1-22(11-4-12-22)26-28(27)20-6-3-2-5-18(20)15-7-9-17(19(23)13-15)16-8-10-21(24)25-14-16/h2-3,5-10,13-14,26H,4,11-12H2,1H3,(H2,24,25). The quantitative estimate of drug-likeness (QED) is 0.615. The predicted molar refractivity (Wildman–Crippen MR) is 111 cm³/mol. The van der Waals surface area contributed by atoms with E-state index in [9.17, 15) is 8.94 Å². The van der Waals surface area contributed by atoms with Gasteiger partial charge in [-0.2, -0.15) is 0 Å². The molecular formula is C22H22FN3OS. The van der Waals surface area contributed by atoms with Crippen molar-refractivity contribution in [2.45, 2.75) is 36.6 Å². The van der Waals surface area contributed by atoms with Crippen LogP contribution in [0.5, 0.6) is 0 Å². The molecule has 28 heavy (non-hydrogen) atoms. The summed E-state index contributed by atoms with van der Waals surface area (Å²) >= 11 is -1.36. The highest BCUT2D eigenvalue weighted by atomic mass is 32.2. The van der Waals surface area contributed by atoms with Crippen LogP contribution in [0.25, 0.3) is 22.3 Å². The van der Waals surface area contributed by atoms with Crippen molar-refractivity contribution in [3.05, 3.63) is 66.6 Å². The maximum absolute atomic E-state index is 14.8. The van der Waals surface area contributed by atoms with Crippen LogP contribution in [0.1, 0.15) is 26.2 Å². The lowest BCUT2D eigenvalue weighted by molar-refractivity contribution is 0.248. The number of hydrogen-bond acceptors (Lipinski definition) is 4. The van der Waals surface area contributed by atoms with Crippen molar-refractivity contribution in [1.82, 2.24) is 9.71 Å². The fourth-order valence-corrected chi connectivity index (χ4v) is 4.79. The first-order valence-corrected chi connectivity index (χ1v) is 10.4. The fourth-order valence-electron chi connectivity index (χ4n) is 3.44. The van der Waals surface area contributed by atoms with Crippen molar-refractivity contribution in [1.29, 1.82) is 0 Å². The van der Waals surface area contributed by atoms with Gasteiger partial charge in [0.15, 0.2) is 4.90 Å². The van der Waals surface area contributed by atoms with E-state index >= 15 is 0 Å². The summed E-state index contributed by atoms with van der Waals surface area (Å²) in [5.74, 6) is 0.0356. The molecule has 1 aliphatic carbocycles. The Bertz CT molecular complexity index is 989. The SMILES string of the molecule is CC1(N[S+]([O-])c2ccccc2-c2ccc(-c3ccc(N)nc3)c(F)c2)CCC1. The Morgan fingerprint density at radius 2 is 1.82 bits per heavy atom. The smallest absolute Gasteiger partial charge is 0.181 e. The van der Waals surface area contributed by atoms with Gasteiger partial charge in [0, 0.05) is 22.9 Å². The zero-order valence-electron chi connectivity index (χ0n) is 15.6. The summed E-state index contributed by atoms with van der Waals surface area (Å²) < 4.78 is 31.0. The summed E-state index contributed by atoms with van der Waals surface area (Å²) in [4.78, 5) is 4.69. The third-order valence-corrected chi connectivity index (χ3v) is 6.69. The first kappa shape index (κ1) is 18.9. The summed E-state index contributed by atoms with van der Waals surface area (Å²) in [5, 5.41) is 0. The second-order valence-corrected chi connectivity index (χ2v) is 8.63. The van der Waals surface area contributed by atoms with Crippen LogP contribution in [0, 0.1) is 5.82 Å². The lowest BCUT2D eigenvalue weighted by atomic mass is 9.80. The molecular weight excluding hydrogens is 373 g/mol. The highest BCUT2D eigenvalue weighted by Gasteiger charge is 2.37. The average Bonchev–Trinajstić information content (AvgIpc) is 2.67. The number of rotatable bonds is 5. The van der Waals surface area contributed by atoms with Crippen LogP contribution in [-0.2, 0) is 11.4 Å². The van der Waals surface area contributed by atoms with Crippen molar-refractivity contribution in [3.63, 3.8) is 0 Å². The molecule has 0 amide bonds. The first-order valence-electron chi connectivity index (χ1n) is 9.26. The Kier molecular flexibility index (Phi) is 5.10. The maximum atomic E-state index is 14.8. The van der Waals surface area contributed by atoms with E-state index in [-0.39, 0.29) is 11.4 Å². The third kappa shape index (κ3) is 3.76. The highest BCUT2D eigenvalue weighted by molar-refractivity contribution is 7.89. The summed E-state index contributed by atoms with van der Waals surface area (Å²) in [7, 11) is 0. The monoisotopic (exact) mass is 395 g/mol. The molecule has 1 fully saturated rings. The lowest BCUT2D eigenvalue weighted by Gasteiger charge is -2.38. The second kappa shape index (κ2) is 7.54. The number of anilines is 1. The van der Waals surface area contributed by atoms with E-state index in [1.165, 1.54) is 6.07 Å². The molecule has 1 aliphatic rings. The van der Waals surface area contributed by atoms with Gasteiger partial charge in [0.25, 0.3) is 0 Å². The number of aromatic nitrogens is 1. The zero-order chi connectivity index (χ0) is 19.7. The molecule has 3 aromatic rings. The van der Waals surface area contributed by atoms with Crippen LogP contribution in [-0.4, -0.2) is 15.1 Å². The van der Waals surface area contributed by atoms with E-state index in [1.807, 2.05) is 30.3 Å². The number of nitrogens with zero attached hydrogens (tertiary/aromatic N) is 1. The van der Waals surface area contributed by atoms with Crippen molar-refractivity contribution < 1.29 is 8.94 Å². The van der Waals surface area contributed by atoms with Crippen LogP contribution in [0.3, 0.4) is 0 Å². The highest BCUT2D eigenvalue weighted by Crippen LogP contribution is 2.35. The largest absolute Gasteiger partial charge is 0.593 e. The Hall–Kier alpha value is -2.41. The third-order valence-electron chi connectivity index (χ3n) is 5.26. The second-order valence-electron chi connectivity index (χ2n) is 7.45. The van der Waals surface area contributed by atoms with E-state index in [0.29, 0.717) is 27.4 Å². The van der Waals surface area contributed by atoms with Gasteiger partial charge in [-0.05, 0) is 62.1 Å². The molecule has 6 heteroatoms. The minimum atomic E-state index is -1.36. The van der Waals surface area contributed by atoms with E-state index in [1.54, 1.807) is 24.4 Å². The molecule has 0 saturated heterocycles. The average molecular weight is 396 g/mol.